The minimum atomic E-state index is -0.490. The first kappa shape index (κ1) is 11.6. The molecule has 19 heavy (non-hydrogen) atoms. The van der Waals surface area contributed by atoms with Crippen molar-refractivity contribution in [2.45, 2.75) is 0 Å². The number of hydrogen-bond donors (Lipinski definition) is 2. The van der Waals surface area contributed by atoms with E-state index in [0.717, 1.165) is 10.2 Å². The first-order valence-electron chi connectivity index (χ1n) is 5.55. The van der Waals surface area contributed by atoms with E-state index in [4.69, 9.17) is 11.5 Å². The predicted molar refractivity (Wildman–Crippen MR) is 75.8 cm³/mol. The number of nitrogens with zero attached hydrogens (tertiary/aromatic N) is 2. The number of rotatable bonds is 2. The third-order valence-corrected chi connectivity index (χ3v) is 3.78. The smallest absolute Gasteiger partial charge is 0.249 e. The number of nitrogens with two attached hydrogens (primary N) is 2. The number of thiazole rings is 1. The Bertz CT molecular complexity index is 781. The molecular weight excluding hydrogens is 260 g/mol. The van der Waals surface area contributed by atoms with Crippen LogP contribution in [0.5, 0.6) is 0 Å². The molecule has 2 heterocycles. The molecule has 3 aromatic rings. The summed E-state index contributed by atoms with van der Waals surface area (Å²) >= 11 is 1.46. The Labute approximate surface area is 112 Å². The molecule has 2 aromatic heterocycles. The molecule has 0 aliphatic heterocycles. The summed E-state index contributed by atoms with van der Waals surface area (Å²) in [5.41, 5.74) is 13.7. The number of carbonyl (C=O) groups excluding carboxylic acids is 1. The van der Waals surface area contributed by atoms with Gasteiger partial charge >= 0.3 is 0 Å². The number of benzene rings is 1. The van der Waals surface area contributed by atoms with Crippen LogP contribution in [0.15, 0.2) is 36.7 Å². The van der Waals surface area contributed by atoms with E-state index in [1.54, 1.807) is 18.3 Å². The number of anilines is 1. The van der Waals surface area contributed by atoms with Crippen LogP contribution in [0.2, 0.25) is 0 Å². The van der Waals surface area contributed by atoms with Crippen molar-refractivity contribution in [1.82, 2.24) is 9.97 Å². The zero-order valence-corrected chi connectivity index (χ0v) is 10.6. The summed E-state index contributed by atoms with van der Waals surface area (Å²) in [6.07, 6.45) is 3.13. The van der Waals surface area contributed by atoms with Crippen LogP contribution in [0.25, 0.3) is 20.8 Å². The first-order valence-corrected chi connectivity index (χ1v) is 6.37. The topological polar surface area (TPSA) is 94.9 Å². The second-order valence-electron chi connectivity index (χ2n) is 4.03. The van der Waals surface area contributed by atoms with Gasteiger partial charge in [-0.2, -0.15) is 0 Å². The zero-order chi connectivity index (χ0) is 13.4. The fraction of sp³-hybridized carbons (Fsp3) is 0. The van der Waals surface area contributed by atoms with Gasteiger partial charge in [0, 0.05) is 23.6 Å². The van der Waals surface area contributed by atoms with Crippen molar-refractivity contribution in [1.29, 1.82) is 0 Å². The highest BCUT2D eigenvalue weighted by molar-refractivity contribution is 7.21. The molecule has 0 aliphatic rings. The molecule has 0 fully saturated rings. The van der Waals surface area contributed by atoms with Gasteiger partial charge in [0.15, 0.2) is 0 Å². The second kappa shape index (κ2) is 4.33. The molecular formula is C13H10N4OS. The Morgan fingerprint density at radius 2 is 2.11 bits per heavy atom. The van der Waals surface area contributed by atoms with Crippen molar-refractivity contribution in [3.8, 4) is 10.6 Å². The average molecular weight is 270 g/mol. The molecule has 0 aliphatic carbocycles. The van der Waals surface area contributed by atoms with Crippen LogP contribution in [0, 0.1) is 0 Å². The van der Waals surface area contributed by atoms with Gasteiger partial charge in [-0.1, -0.05) is 0 Å². The molecule has 0 atom stereocenters. The summed E-state index contributed by atoms with van der Waals surface area (Å²) in [5, 5.41) is 0.711. The molecule has 1 aromatic carbocycles. The maximum Gasteiger partial charge on any atom is 0.249 e. The monoisotopic (exact) mass is 270 g/mol. The van der Waals surface area contributed by atoms with Crippen LogP contribution < -0.4 is 11.5 Å². The lowest BCUT2D eigenvalue weighted by Gasteiger charge is -2.01. The molecule has 0 spiro atoms. The van der Waals surface area contributed by atoms with Crippen LogP contribution in [-0.2, 0) is 0 Å². The van der Waals surface area contributed by atoms with E-state index in [2.05, 4.69) is 9.97 Å². The molecule has 0 bridgehead atoms. The minimum Gasteiger partial charge on any atom is -0.399 e. The van der Waals surface area contributed by atoms with Crippen LogP contribution in [0.1, 0.15) is 10.4 Å². The van der Waals surface area contributed by atoms with Crippen LogP contribution in [0.3, 0.4) is 0 Å². The maximum absolute atomic E-state index is 11.4. The molecule has 3 rings (SSSR count). The summed E-state index contributed by atoms with van der Waals surface area (Å²) in [6, 6.07) is 7.10. The van der Waals surface area contributed by atoms with Crippen LogP contribution >= 0.6 is 11.3 Å². The standard InChI is InChI=1S/C13H10N4OS/c14-7-1-2-10-11(5-7)19-13(17-10)9-6-16-4-3-8(9)12(15)18/h1-6H,14H2,(H2,15,18). The van der Waals surface area contributed by atoms with Gasteiger partial charge in [-0.3, -0.25) is 9.78 Å². The number of aromatic nitrogens is 2. The van der Waals surface area contributed by atoms with E-state index >= 15 is 0 Å². The van der Waals surface area contributed by atoms with Gasteiger partial charge in [0.05, 0.1) is 15.8 Å². The fourth-order valence-electron chi connectivity index (χ4n) is 1.84. The third-order valence-electron chi connectivity index (χ3n) is 2.73. The second-order valence-corrected chi connectivity index (χ2v) is 5.06. The average Bonchev–Trinajstić information content (AvgIpc) is 2.81. The lowest BCUT2D eigenvalue weighted by atomic mass is 10.1. The molecule has 0 saturated heterocycles. The Morgan fingerprint density at radius 1 is 1.26 bits per heavy atom. The highest BCUT2D eigenvalue weighted by atomic mass is 32.1. The number of hydrogen-bond acceptors (Lipinski definition) is 5. The normalized spacial score (nSPS) is 10.7. The minimum absolute atomic E-state index is 0.419. The lowest BCUT2D eigenvalue weighted by Crippen LogP contribution is -2.12. The maximum atomic E-state index is 11.4. The predicted octanol–water partition coefficient (Wildman–Crippen LogP) is 2.04. The van der Waals surface area contributed by atoms with Gasteiger partial charge in [-0.25, -0.2) is 4.98 Å². The molecule has 0 unspecified atom stereocenters. The van der Waals surface area contributed by atoms with Crippen LogP contribution in [-0.4, -0.2) is 15.9 Å². The molecule has 6 heteroatoms. The molecule has 4 N–H and O–H groups in total. The number of primary amides is 1. The van der Waals surface area contributed by atoms with E-state index in [1.807, 2.05) is 12.1 Å². The van der Waals surface area contributed by atoms with E-state index < -0.39 is 5.91 Å². The fourth-order valence-corrected chi connectivity index (χ4v) is 2.87. The zero-order valence-electron chi connectivity index (χ0n) is 9.83. The van der Waals surface area contributed by atoms with Gasteiger partial charge in [0.1, 0.15) is 5.01 Å². The van der Waals surface area contributed by atoms with Crippen molar-refractivity contribution < 1.29 is 4.79 Å². The lowest BCUT2D eigenvalue weighted by molar-refractivity contribution is 0.100. The van der Waals surface area contributed by atoms with E-state index in [9.17, 15) is 4.79 Å². The highest BCUT2D eigenvalue weighted by Gasteiger charge is 2.14. The van der Waals surface area contributed by atoms with Crippen molar-refractivity contribution >= 4 is 33.1 Å². The summed E-state index contributed by atoms with van der Waals surface area (Å²) < 4.78 is 0.967. The first-order chi connectivity index (χ1) is 9.15. The Balaban J connectivity index is 2.22. The van der Waals surface area contributed by atoms with Gasteiger partial charge in [-0.05, 0) is 24.3 Å². The number of nitrogen functional groups attached to an aromatic ring is 1. The Hall–Kier alpha value is -2.47. The number of fused-ring (bicyclic) bond motifs is 1. The quantitative estimate of drug-likeness (QED) is 0.696. The van der Waals surface area contributed by atoms with Gasteiger partial charge in [0.2, 0.25) is 5.91 Å². The number of pyridine rings is 1. The molecule has 0 radical (unpaired) electrons. The van der Waals surface area contributed by atoms with E-state index in [1.165, 1.54) is 17.5 Å². The van der Waals surface area contributed by atoms with Crippen molar-refractivity contribution in [2.75, 3.05) is 5.73 Å². The molecule has 0 saturated carbocycles. The largest absolute Gasteiger partial charge is 0.399 e. The third kappa shape index (κ3) is 2.02. The number of amides is 1. The SMILES string of the molecule is NC(=O)c1ccncc1-c1nc2ccc(N)cc2s1. The van der Waals surface area contributed by atoms with Gasteiger partial charge in [-0.15, -0.1) is 11.3 Å². The summed E-state index contributed by atoms with van der Waals surface area (Å²) in [4.78, 5) is 19.9. The van der Waals surface area contributed by atoms with Crippen molar-refractivity contribution in [2.24, 2.45) is 5.73 Å². The van der Waals surface area contributed by atoms with Crippen LogP contribution in [0.4, 0.5) is 5.69 Å². The summed E-state index contributed by atoms with van der Waals surface area (Å²) in [5.74, 6) is -0.490. The van der Waals surface area contributed by atoms with Crippen molar-refractivity contribution in [3.63, 3.8) is 0 Å². The van der Waals surface area contributed by atoms with E-state index in [0.29, 0.717) is 21.8 Å². The highest BCUT2D eigenvalue weighted by Crippen LogP contribution is 2.32. The molecule has 94 valence electrons. The molecule has 1 amide bonds. The van der Waals surface area contributed by atoms with E-state index in [-0.39, 0.29) is 0 Å². The van der Waals surface area contributed by atoms with Crippen molar-refractivity contribution in [3.05, 3.63) is 42.2 Å². The molecule has 5 nitrogen and oxygen atoms in total. The summed E-state index contributed by atoms with van der Waals surface area (Å²) in [6.45, 7) is 0. The Kier molecular flexibility index (Phi) is 2.64. The van der Waals surface area contributed by atoms with Gasteiger partial charge in [0.25, 0.3) is 0 Å². The van der Waals surface area contributed by atoms with Gasteiger partial charge < -0.3 is 11.5 Å². The number of carbonyl (C=O) groups is 1. The summed E-state index contributed by atoms with van der Waals surface area (Å²) in [7, 11) is 0. The Morgan fingerprint density at radius 3 is 2.89 bits per heavy atom.